The van der Waals surface area contributed by atoms with E-state index < -0.39 is 5.54 Å². The van der Waals surface area contributed by atoms with Crippen molar-refractivity contribution in [2.24, 2.45) is 5.73 Å². The highest BCUT2D eigenvalue weighted by molar-refractivity contribution is 7.11. The van der Waals surface area contributed by atoms with Gasteiger partial charge in [0.25, 0.3) is 0 Å². The van der Waals surface area contributed by atoms with Gasteiger partial charge in [-0.2, -0.15) is 0 Å². The van der Waals surface area contributed by atoms with Gasteiger partial charge in [-0.1, -0.05) is 6.92 Å². The van der Waals surface area contributed by atoms with Crippen LogP contribution in [0.1, 0.15) is 43.1 Å². The van der Waals surface area contributed by atoms with Gasteiger partial charge >= 0.3 is 0 Å². The third-order valence-corrected chi connectivity index (χ3v) is 3.71. The van der Waals surface area contributed by atoms with Crippen molar-refractivity contribution >= 4 is 17.2 Å². The molecule has 0 aliphatic heterocycles. The van der Waals surface area contributed by atoms with Gasteiger partial charge < -0.3 is 11.1 Å². The smallest absolute Gasteiger partial charge is 0.240 e. The highest BCUT2D eigenvalue weighted by Gasteiger charge is 2.27. The van der Waals surface area contributed by atoms with Gasteiger partial charge in [0.15, 0.2) is 0 Å². The molecule has 1 aromatic rings. The van der Waals surface area contributed by atoms with E-state index in [0.29, 0.717) is 6.42 Å². The molecule has 5 heteroatoms. The second-order valence-electron chi connectivity index (χ2n) is 4.28. The van der Waals surface area contributed by atoms with Gasteiger partial charge in [0.2, 0.25) is 5.91 Å². The molecule has 0 saturated carbocycles. The summed E-state index contributed by atoms with van der Waals surface area (Å²) in [4.78, 5) is 17.2. The first-order valence-corrected chi connectivity index (χ1v) is 6.20. The first-order valence-electron chi connectivity index (χ1n) is 5.39. The summed E-state index contributed by atoms with van der Waals surface area (Å²) in [6.07, 6.45) is 2.42. The fourth-order valence-corrected chi connectivity index (χ4v) is 1.93. The Balaban J connectivity index is 2.65. The van der Waals surface area contributed by atoms with E-state index in [0.717, 1.165) is 9.88 Å². The van der Waals surface area contributed by atoms with E-state index in [-0.39, 0.29) is 11.9 Å². The van der Waals surface area contributed by atoms with Crippen molar-refractivity contribution in [1.29, 1.82) is 0 Å². The third kappa shape index (κ3) is 3.02. The zero-order chi connectivity index (χ0) is 12.3. The molecule has 0 radical (unpaired) electrons. The summed E-state index contributed by atoms with van der Waals surface area (Å²) in [5.41, 5.74) is 5.06. The highest BCUT2D eigenvalue weighted by atomic mass is 32.1. The second kappa shape index (κ2) is 4.93. The molecule has 3 N–H and O–H groups in total. The number of rotatable bonds is 4. The number of thiazole rings is 1. The molecule has 2 unspecified atom stereocenters. The minimum atomic E-state index is -0.805. The first-order chi connectivity index (χ1) is 7.36. The van der Waals surface area contributed by atoms with Gasteiger partial charge in [0.05, 0.1) is 11.6 Å². The summed E-state index contributed by atoms with van der Waals surface area (Å²) >= 11 is 1.59. The molecule has 0 aromatic carbocycles. The Morgan fingerprint density at radius 3 is 2.81 bits per heavy atom. The molecule has 1 rings (SSSR count). The lowest BCUT2D eigenvalue weighted by Crippen LogP contribution is -2.51. The molecule has 0 spiro atoms. The van der Waals surface area contributed by atoms with Crippen LogP contribution in [0.3, 0.4) is 0 Å². The van der Waals surface area contributed by atoms with Gasteiger partial charge in [-0.3, -0.25) is 4.79 Å². The Kier molecular flexibility index (Phi) is 4.04. The van der Waals surface area contributed by atoms with Gasteiger partial charge in [-0.15, -0.1) is 11.3 Å². The SMILES string of the molecule is CCC(C)(N)C(=O)NC(C)c1ncc(C)s1. The van der Waals surface area contributed by atoms with E-state index in [9.17, 15) is 4.79 Å². The molecule has 16 heavy (non-hydrogen) atoms. The zero-order valence-electron chi connectivity index (χ0n) is 10.2. The fraction of sp³-hybridized carbons (Fsp3) is 0.636. The van der Waals surface area contributed by atoms with Crippen molar-refractivity contribution in [3.63, 3.8) is 0 Å². The van der Waals surface area contributed by atoms with Crippen LogP contribution < -0.4 is 11.1 Å². The average molecular weight is 241 g/mol. The number of hydrogen-bond donors (Lipinski definition) is 2. The summed E-state index contributed by atoms with van der Waals surface area (Å²) in [5.74, 6) is -0.129. The number of aromatic nitrogens is 1. The Morgan fingerprint density at radius 2 is 2.38 bits per heavy atom. The third-order valence-electron chi connectivity index (χ3n) is 2.61. The van der Waals surface area contributed by atoms with Crippen LogP contribution in [0, 0.1) is 6.92 Å². The summed E-state index contributed by atoms with van der Waals surface area (Å²) < 4.78 is 0. The predicted octanol–water partition coefficient (Wildman–Crippen LogP) is 1.76. The van der Waals surface area contributed by atoms with Crippen LogP contribution in [-0.4, -0.2) is 16.4 Å². The van der Waals surface area contributed by atoms with Crippen LogP contribution >= 0.6 is 11.3 Å². The zero-order valence-corrected chi connectivity index (χ0v) is 11.0. The summed E-state index contributed by atoms with van der Waals surface area (Å²) in [7, 11) is 0. The molecular weight excluding hydrogens is 222 g/mol. The molecule has 0 bridgehead atoms. The van der Waals surface area contributed by atoms with Gasteiger partial charge in [-0.05, 0) is 27.2 Å². The van der Waals surface area contributed by atoms with Crippen LogP contribution in [0.5, 0.6) is 0 Å². The monoisotopic (exact) mass is 241 g/mol. The Labute approximate surface area is 100 Å². The van der Waals surface area contributed by atoms with Crippen molar-refractivity contribution in [3.05, 3.63) is 16.1 Å². The Hall–Kier alpha value is -0.940. The van der Waals surface area contributed by atoms with Crippen molar-refractivity contribution < 1.29 is 4.79 Å². The molecule has 1 heterocycles. The minimum absolute atomic E-state index is 0.0828. The molecule has 0 fully saturated rings. The van der Waals surface area contributed by atoms with Crippen LogP contribution in [0.25, 0.3) is 0 Å². The molecule has 1 amide bonds. The number of nitrogens with one attached hydrogen (secondary N) is 1. The predicted molar refractivity (Wildman–Crippen MR) is 66.3 cm³/mol. The Bertz CT molecular complexity index is 373. The average Bonchev–Trinajstić information content (AvgIpc) is 2.64. The fourth-order valence-electron chi connectivity index (χ4n) is 1.16. The lowest BCUT2D eigenvalue weighted by molar-refractivity contribution is -0.126. The normalized spacial score (nSPS) is 16.6. The van der Waals surface area contributed by atoms with Crippen LogP contribution in [0.2, 0.25) is 0 Å². The molecule has 4 nitrogen and oxygen atoms in total. The van der Waals surface area contributed by atoms with Gasteiger partial charge in [-0.25, -0.2) is 4.98 Å². The van der Waals surface area contributed by atoms with Gasteiger partial charge in [0.1, 0.15) is 5.01 Å². The molecule has 2 atom stereocenters. The maximum Gasteiger partial charge on any atom is 0.240 e. The van der Waals surface area contributed by atoms with Gasteiger partial charge in [0, 0.05) is 11.1 Å². The highest BCUT2D eigenvalue weighted by Crippen LogP contribution is 2.19. The van der Waals surface area contributed by atoms with E-state index in [1.165, 1.54) is 0 Å². The molecule has 1 aromatic heterocycles. The molecule has 0 aliphatic carbocycles. The van der Waals surface area contributed by atoms with E-state index in [1.807, 2.05) is 27.0 Å². The standard InChI is InChI=1S/C11H19N3OS/c1-5-11(4,12)10(15)14-8(3)9-13-6-7(2)16-9/h6,8H,5,12H2,1-4H3,(H,14,15). The number of nitrogens with zero attached hydrogens (tertiary/aromatic N) is 1. The van der Waals surface area contributed by atoms with E-state index in [4.69, 9.17) is 5.73 Å². The lowest BCUT2D eigenvalue weighted by Gasteiger charge is -2.23. The lowest BCUT2D eigenvalue weighted by atomic mass is 9.99. The number of hydrogen-bond acceptors (Lipinski definition) is 4. The molecule has 90 valence electrons. The number of carbonyl (C=O) groups is 1. The number of amides is 1. The van der Waals surface area contributed by atoms with E-state index in [1.54, 1.807) is 18.3 Å². The van der Waals surface area contributed by atoms with E-state index >= 15 is 0 Å². The topological polar surface area (TPSA) is 68.0 Å². The maximum atomic E-state index is 11.8. The molecular formula is C11H19N3OS. The van der Waals surface area contributed by atoms with Crippen molar-refractivity contribution in [3.8, 4) is 0 Å². The number of nitrogens with two attached hydrogens (primary N) is 1. The quantitative estimate of drug-likeness (QED) is 0.844. The van der Waals surface area contributed by atoms with Crippen LogP contribution in [0.4, 0.5) is 0 Å². The van der Waals surface area contributed by atoms with Crippen LogP contribution in [-0.2, 0) is 4.79 Å². The number of aryl methyl sites for hydroxylation is 1. The molecule has 0 saturated heterocycles. The molecule has 0 aliphatic rings. The van der Waals surface area contributed by atoms with Crippen LogP contribution in [0.15, 0.2) is 6.20 Å². The minimum Gasteiger partial charge on any atom is -0.346 e. The number of carbonyl (C=O) groups excluding carboxylic acids is 1. The van der Waals surface area contributed by atoms with Crippen molar-refractivity contribution in [2.75, 3.05) is 0 Å². The summed E-state index contributed by atoms with van der Waals surface area (Å²) in [5, 5.41) is 3.80. The second-order valence-corrected chi connectivity index (χ2v) is 5.54. The van der Waals surface area contributed by atoms with E-state index in [2.05, 4.69) is 10.3 Å². The van der Waals surface area contributed by atoms with Crippen molar-refractivity contribution in [2.45, 2.75) is 45.7 Å². The summed E-state index contributed by atoms with van der Waals surface area (Å²) in [6, 6.07) is -0.0828. The maximum absolute atomic E-state index is 11.8. The Morgan fingerprint density at radius 1 is 1.75 bits per heavy atom. The summed E-state index contributed by atoms with van der Waals surface area (Å²) in [6.45, 7) is 7.55. The van der Waals surface area contributed by atoms with Crippen molar-refractivity contribution in [1.82, 2.24) is 10.3 Å². The first kappa shape index (κ1) is 13.1. The largest absolute Gasteiger partial charge is 0.346 e.